The minimum atomic E-state index is -0.611. The van der Waals surface area contributed by atoms with E-state index in [1.54, 1.807) is 22.7 Å². The van der Waals surface area contributed by atoms with Crippen molar-refractivity contribution in [3.05, 3.63) is 101 Å². The predicted octanol–water partition coefficient (Wildman–Crippen LogP) is 5.60. The molecule has 1 N–H and O–H groups in total. The molecule has 0 aliphatic rings. The van der Waals surface area contributed by atoms with Crippen LogP contribution in [-0.4, -0.2) is 35.1 Å². The molecule has 1 atom stereocenters. The molecule has 3 rings (SSSR count). The van der Waals surface area contributed by atoms with Crippen LogP contribution in [0.2, 0.25) is 5.02 Å². The van der Waals surface area contributed by atoms with Gasteiger partial charge in [-0.2, -0.15) is 0 Å². The first-order chi connectivity index (χ1) is 16.1. The van der Waals surface area contributed by atoms with Gasteiger partial charge >= 0.3 is 0 Å². The summed E-state index contributed by atoms with van der Waals surface area (Å²) in [5.41, 5.74) is 1.91. The highest BCUT2D eigenvalue weighted by atomic mass is 35.5. The molecule has 0 fully saturated rings. The smallest absolute Gasteiger partial charge is 0.243 e. The fraction of sp³-hybridized carbons (Fsp3) is 0.259. The van der Waals surface area contributed by atoms with Gasteiger partial charge in [0.1, 0.15) is 6.04 Å². The predicted molar refractivity (Wildman–Crippen MR) is 136 cm³/mol. The lowest BCUT2D eigenvalue weighted by atomic mass is 10.0. The van der Waals surface area contributed by atoms with Crippen LogP contribution >= 0.6 is 23.4 Å². The Kier molecular flexibility index (Phi) is 9.85. The van der Waals surface area contributed by atoms with Crippen molar-refractivity contribution >= 4 is 35.2 Å². The SMILES string of the molecule is CCNC(=O)C(Cc1ccccc1)N(Cc1cccc(Cl)c1)C(=O)CCSc1ccccc1. The zero-order valence-electron chi connectivity index (χ0n) is 18.7. The van der Waals surface area contributed by atoms with Gasteiger partial charge in [0.05, 0.1) is 0 Å². The molecular weight excluding hydrogens is 452 g/mol. The fourth-order valence-corrected chi connectivity index (χ4v) is 4.67. The largest absolute Gasteiger partial charge is 0.355 e. The Morgan fingerprint density at radius 1 is 0.939 bits per heavy atom. The van der Waals surface area contributed by atoms with E-state index < -0.39 is 6.04 Å². The highest BCUT2D eigenvalue weighted by Crippen LogP contribution is 2.21. The Morgan fingerprint density at radius 2 is 1.61 bits per heavy atom. The van der Waals surface area contributed by atoms with Gasteiger partial charge in [0.15, 0.2) is 0 Å². The van der Waals surface area contributed by atoms with E-state index in [0.29, 0.717) is 36.7 Å². The summed E-state index contributed by atoms with van der Waals surface area (Å²) in [7, 11) is 0. The van der Waals surface area contributed by atoms with E-state index in [2.05, 4.69) is 5.32 Å². The first kappa shape index (κ1) is 24.9. The number of nitrogens with one attached hydrogen (secondary N) is 1. The maximum Gasteiger partial charge on any atom is 0.243 e. The minimum Gasteiger partial charge on any atom is -0.355 e. The lowest BCUT2D eigenvalue weighted by molar-refractivity contribution is -0.140. The highest BCUT2D eigenvalue weighted by molar-refractivity contribution is 7.99. The van der Waals surface area contributed by atoms with Crippen molar-refractivity contribution in [2.24, 2.45) is 0 Å². The van der Waals surface area contributed by atoms with Gasteiger partial charge in [0.25, 0.3) is 0 Å². The van der Waals surface area contributed by atoms with Gasteiger partial charge in [-0.15, -0.1) is 11.8 Å². The summed E-state index contributed by atoms with van der Waals surface area (Å²) < 4.78 is 0. The Morgan fingerprint density at radius 3 is 2.27 bits per heavy atom. The molecule has 0 heterocycles. The van der Waals surface area contributed by atoms with E-state index >= 15 is 0 Å². The van der Waals surface area contributed by atoms with Crippen molar-refractivity contribution in [1.82, 2.24) is 10.2 Å². The number of carbonyl (C=O) groups excluding carboxylic acids is 2. The maximum absolute atomic E-state index is 13.5. The molecule has 3 aromatic rings. The number of hydrogen-bond donors (Lipinski definition) is 1. The number of amides is 2. The number of nitrogens with zero attached hydrogens (tertiary/aromatic N) is 1. The third kappa shape index (κ3) is 7.95. The number of halogens is 1. The molecule has 1 unspecified atom stereocenters. The van der Waals surface area contributed by atoms with Crippen molar-refractivity contribution in [2.75, 3.05) is 12.3 Å². The van der Waals surface area contributed by atoms with E-state index in [9.17, 15) is 9.59 Å². The summed E-state index contributed by atoms with van der Waals surface area (Å²) in [5.74, 6) is 0.445. The first-order valence-corrected chi connectivity index (χ1v) is 12.5. The van der Waals surface area contributed by atoms with Crippen molar-refractivity contribution in [3.8, 4) is 0 Å². The third-order valence-corrected chi connectivity index (χ3v) is 6.44. The second kappa shape index (κ2) is 13.1. The lowest BCUT2D eigenvalue weighted by Gasteiger charge is -2.31. The Hall–Kier alpha value is -2.76. The van der Waals surface area contributed by atoms with E-state index in [0.717, 1.165) is 16.0 Å². The molecule has 0 saturated heterocycles. The fourth-order valence-electron chi connectivity index (χ4n) is 3.59. The quantitative estimate of drug-likeness (QED) is 0.363. The molecule has 3 aromatic carbocycles. The van der Waals surface area contributed by atoms with Crippen LogP contribution in [0, 0.1) is 0 Å². The van der Waals surface area contributed by atoms with Gasteiger partial charge in [-0.25, -0.2) is 0 Å². The molecule has 33 heavy (non-hydrogen) atoms. The highest BCUT2D eigenvalue weighted by Gasteiger charge is 2.29. The van der Waals surface area contributed by atoms with Crippen molar-refractivity contribution in [3.63, 3.8) is 0 Å². The second-order valence-corrected chi connectivity index (χ2v) is 9.27. The van der Waals surface area contributed by atoms with Crippen LogP contribution < -0.4 is 5.32 Å². The Bertz CT molecular complexity index is 1030. The molecule has 0 bridgehead atoms. The van der Waals surface area contributed by atoms with Crippen LogP contribution in [0.1, 0.15) is 24.5 Å². The maximum atomic E-state index is 13.5. The molecule has 6 heteroatoms. The normalized spacial score (nSPS) is 11.6. The molecule has 0 aliphatic carbocycles. The zero-order valence-corrected chi connectivity index (χ0v) is 20.3. The minimum absolute atomic E-state index is 0.0504. The summed E-state index contributed by atoms with van der Waals surface area (Å²) in [6.45, 7) is 2.72. The average Bonchev–Trinajstić information content (AvgIpc) is 2.83. The third-order valence-electron chi connectivity index (χ3n) is 5.19. The van der Waals surface area contributed by atoms with Gasteiger partial charge in [-0.05, 0) is 42.3 Å². The molecule has 172 valence electrons. The van der Waals surface area contributed by atoms with E-state index in [4.69, 9.17) is 11.6 Å². The summed E-state index contributed by atoms with van der Waals surface area (Å²) >= 11 is 7.83. The van der Waals surface area contributed by atoms with Crippen molar-refractivity contribution in [2.45, 2.75) is 37.2 Å². The summed E-state index contributed by atoms with van der Waals surface area (Å²) in [4.78, 5) is 29.4. The van der Waals surface area contributed by atoms with Crippen molar-refractivity contribution < 1.29 is 9.59 Å². The van der Waals surface area contributed by atoms with Crippen LogP contribution in [0.25, 0.3) is 0 Å². The summed E-state index contributed by atoms with van der Waals surface area (Å²) in [6.07, 6.45) is 0.787. The molecule has 0 aliphatic heterocycles. The van der Waals surface area contributed by atoms with Crippen LogP contribution in [-0.2, 0) is 22.6 Å². The van der Waals surface area contributed by atoms with E-state index in [1.807, 2.05) is 85.8 Å². The number of likely N-dealkylation sites (N-methyl/N-ethyl adjacent to an activating group) is 1. The zero-order chi connectivity index (χ0) is 23.5. The average molecular weight is 481 g/mol. The number of hydrogen-bond acceptors (Lipinski definition) is 3. The second-order valence-electron chi connectivity index (χ2n) is 7.66. The number of thioether (sulfide) groups is 1. The Balaban J connectivity index is 1.82. The Labute approximate surface area is 205 Å². The van der Waals surface area contributed by atoms with Crippen molar-refractivity contribution in [1.29, 1.82) is 0 Å². The molecule has 0 spiro atoms. The lowest BCUT2D eigenvalue weighted by Crippen LogP contribution is -2.50. The van der Waals surface area contributed by atoms with Crippen LogP contribution in [0.3, 0.4) is 0 Å². The van der Waals surface area contributed by atoms with E-state index in [-0.39, 0.29) is 11.8 Å². The van der Waals surface area contributed by atoms with Crippen LogP contribution in [0.4, 0.5) is 0 Å². The topological polar surface area (TPSA) is 49.4 Å². The molecule has 0 saturated carbocycles. The number of rotatable bonds is 11. The van der Waals surface area contributed by atoms with Crippen LogP contribution in [0.5, 0.6) is 0 Å². The number of benzene rings is 3. The summed E-state index contributed by atoms with van der Waals surface area (Å²) in [5, 5.41) is 3.52. The molecule has 0 aromatic heterocycles. The monoisotopic (exact) mass is 480 g/mol. The van der Waals surface area contributed by atoms with Crippen LogP contribution in [0.15, 0.2) is 89.8 Å². The molecular formula is C27H29ClN2O2S. The molecule has 0 radical (unpaired) electrons. The first-order valence-electron chi connectivity index (χ1n) is 11.1. The van der Waals surface area contributed by atoms with Gasteiger partial charge < -0.3 is 10.2 Å². The van der Waals surface area contributed by atoms with Gasteiger partial charge in [-0.3, -0.25) is 9.59 Å². The van der Waals surface area contributed by atoms with Gasteiger partial charge in [-0.1, -0.05) is 72.3 Å². The standard InChI is InChI=1S/C27H29ClN2O2S/c1-2-29-27(32)25(19-21-10-5-3-6-11-21)30(20-22-12-9-13-23(28)18-22)26(31)16-17-33-24-14-7-4-8-15-24/h3-15,18,25H,2,16-17,19-20H2,1H3,(H,29,32). The summed E-state index contributed by atoms with van der Waals surface area (Å²) in [6, 6.07) is 26.7. The van der Waals surface area contributed by atoms with Gasteiger partial charge in [0, 0.05) is 41.6 Å². The van der Waals surface area contributed by atoms with Gasteiger partial charge in [0.2, 0.25) is 11.8 Å². The molecule has 4 nitrogen and oxygen atoms in total. The van der Waals surface area contributed by atoms with E-state index in [1.165, 1.54) is 0 Å². The number of carbonyl (C=O) groups is 2. The molecule has 2 amide bonds.